The number of aromatic nitrogens is 2. The largest absolute Gasteiger partial charge is 0.508 e. The molecule has 1 heterocycles. The van der Waals surface area contributed by atoms with Crippen molar-refractivity contribution in [3.63, 3.8) is 0 Å². The van der Waals surface area contributed by atoms with Gasteiger partial charge >= 0.3 is 0 Å². The van der Waals surface area contributed by atoms with Crippen LogP contribution in [0.25, 0.3) is 0 Å². The number of phenols is 1. The number of benzene rings is 1. The number of hydrogen-bond acceptors (Lipinski definition) is 3. The van der Waals surface area contributed by atoms with Crippen molar-refractivity contribution in [3.05, 3.63) is 48.3 Å². The molecular weight excluding hydrogens is 226 g/mol. The van der Waals surface area contributed by atoms with Gasteiger partial charge in [-0.05, 0) is 30.2 Å². The highest BCUT2D eigenvalue weighted by Gasteiger charge is 2.07. The van der Waals surface area contributed by atoms with E-state index < -0.39 is 0 Å². The zero-order valence-corrected chi connectivity index (χ0v) is 10.6. The second-order valence-electron chi connectivity index (χ2n) is 4.28. The van der Waals surface area contributed by atoms with Gasteiger partial charge in [-0.15, -0.1) is 0 Å². The zero-order chi connectivity index (χ0) is 12.8. The van der Waals surface area contributed by atoms with E-state index in [9.17, 15) is 5.11 Å². The average molecular weight is 245 g/mol. The minimum absolute atomic E-state index is 0.310. The number of rotatable bonds is 6. The average Bonchev–Trinajstić information content (AvgIpc) is 2.89. The molecule has 2 N–H and O–H groups in total. The Morgan fingerprint density at radius 1 is 1.33 bits per heavy atom. The first-order chi connectivity index (χ1) is 8.79. The normalized spacial score (nSPS) is 12.5. The Hall–Kier alpha value is -1.81. The van der Waals surface area contributed by atoms with Crippen LogP contribution in [0.1, 0.15) is 24.9 Å². The van der Waals surface area contributed by atoms with Crippen LogP contribution in [0.3, 0.4) is 0 Å². The Labute approximate surface area is 107 Å². The molecule has 1 atom stereocenters. The lowest BCUT2D eigenvalue weighted by atomic mass is 10.0. The fourth-order valence-corrected chi connectivity index (χ4v) is 1.99. The number of aromatic hydroxyl groups is 1. The van der Waals surface area contributed by atoms with Gasteiger partial charge in [-0.3, -0.25) is 4.68 Å². The minimum atomic E-state index is 0.310. The summed E-state index contributed by atoms with van der Waals surface area (Å²) in [4.78, 5) is 0. The van der Waals surface area contributed by atoms with Crippen LogP contribution in [0, 0.1) is 0 Å². The molecule has 2 rings (SSSR count). The monoisotopic (exact) mass is 245 g/mol. The van der Waals surface area contributed by atoms with Crippen LogP contribution in [0.4, 0.5) is 0 Å². The van der Waals surface area contributed by atoms with E-state index in [-0.39, 0.29) is 0 Å². The summed E-state index contributed by atoms with van der Waals surface area (Å²) in [6.45, 7) is 3.89. The van der Waals surface area contributed by atoms with Gasteiger partial charge in [0.25, 0.3) is 0 Å². The predicted molar refractivity (Wildman–Crippen MR) is 71.4 cm³/mol. The van der Waals surface area contributed by atoms with Crippen molar-refractivity contribution in [2.45, 2.75) is 25.9 Å². The summed E-state index contributed by atoms with van der Waals surface area (Å²) >= 11 is 0. The summed E-state index contributed by atoms with van der Waals surface area (Å²) in [6, 6.07) is 9.63. The summed E-state index contributed by atoms with van der Waals surface area (Å²) < 4.78 is 1.91. The predicted octanol–water partition coefficient (Wildman–Crippen LogP) is 2.33. The SMILES string of the molecule is CCC(NCCn1cccn1)c1ccc(O)cc1. The van der Waals surface area contributed by atoms with Crippen molar-refractivity contribution in [2.75, 3.05) is 6.54 Å². The summed E-state index contributed by atoms with van der Waals surface area (Å²) in [5.74, 6) is 0.310. The van der Waals surface area contributed by atoms with E-state index >= 15 is 0 Å². The maximum absolute atomic E-state index is 9.28. The summed E-state index contributed by atoms with van der Waals surface area (Å²) in [5, 5.41) is 16.9. The van der Waals surface area contributed by atoms with Crippen LogP contribution in [-0.2, 0) is 6.54 Å². The molecule has 0 amide bonds. The van der Waals surface area contributed by atoms with Crippen LogP contribution >= 0.6 is 0 Å². The van der Waals surface area contributed by atoms with Gasteiger partial charge in [0.15, 0.2) is 0 Å². The molecule has 0 bridgehead atoms. The molecule has 0 saturated carbocycles. The van der Waals surface area contributed by atoms with E-state index in [0.29, 0.717) is 11.8 Å². The molecule has 1 aromatic carbocycles. The minimum Gasteiger partial charge on any atom is -0.508 e. The van der Waals surface area contributed by atoms with Crippen LogP contribution in [0.2, 0.25) is 0 Å². The first-order valence-corrected chi connectivity index (χ1v) is 6.29. The van der Waals surface area contributed by atoms with E-state index in [0.717, 1.165) is 19.5 Å². The van der Waals surface area contributed by atoms with Crippen molar-refractivity contribution in [1.29, 1.82) is 0 Å². The Morgan fingerprint density at radius 2 is 2.11 bits per heavy atom. The van der Waals surface area contributed by atoms with Gasteiger partial charge in [0, 0.05) is 25.0 Å². The number of nitrogens with zero attached hydrogens (tertiary/aromatic N) is 2. The van der Waals surface area contributed by atoms with Crippen molar-refractivity contribution in [2.24, 2.45) is 0 Å². The third kappa shape index (κ3) is 3.34. The molecule has 4 nitrogen and oxygen atoms in total. The lowest BCUT2D eigenvalue weighted by Gasteiger charge is -2.17. The van der Waals surface area contributed by atoms with E-state index in [1.54, 1.807) is 18.3 Å². The van der Waals surface area contributed by atoms with Crippen molar-refractivity contribution < 1.29 is 5.11 Å². The molecule has 0 fully saturated rings. The van der Waals surface area contributed by atoms with Crippen LogP contribution in [0.15, 0.2) is 42.7 Å². The van der Waals surface area contributed by atoms with Gasteiger partial charge in [0.2, 0.25) is 0 Å². The maximum atomic E-state index is 9.28. The first kappa shape index (κ1) is 12.6. The van der Waals surface area contributed by atoms with Crippen LogP contribution < -0.4 is 5.32 Å². The first-order valence-electron chi connectivity index (χ1n) is 6.29. The van der Waals surface area contributed by atoms with Crippen molar-refractivity contribution >= 4 is 0 Å². The topological polar surface area (TPSA) is 50.1 Å². The molecule has 18 heavy (non-hydrogen) atoms. The third-order valence-corrected chi connectivity index (χ3v) is 2.99. The van der Waals surface area contributed by atoms with Crippen molar-refractivity contribution in [3.8, 4) is 5.75 Å². The van der Waals surface area contributed by atoms with Gasteiger partial charge in [-0.1, -0.05) is 19.1 Å². The Morgan fingerprint density at radius 3 is 2.72 bits per heavy atom. The van der Waals surface area contributed by atoms with Crippen LogP contribution in [-0.4, -0.2) is 21.4 Å². The Balaban J connectivity index is 1.87. The lowest BCUT2D eigenvalue weighted by molar-refractivity contribution is 0.468. The highest BCUT2D eigenvalue weighted by Crippen LogP contribution is 2.19. The second-order valence-corrected chi connectivity index (χ2v) is 4.28. The van der Waals surface area contributed by atoms with E-state index in [2.05, 4.69) is 17.3 Å². The summed E-state index contributed by atoms with van der Waals surface area (Å²) in [7, 11) is 0. The molecule has 0 aliphatic carbocycles. The van der Waals surface area contributed by atoms with E-state index in [1.807, 2.05) is 29.1 Å². The fourth-order valence-electron chi connectivity index (χ4n) is 1.99. The summed E-state index contributed by atoms with van der Waals surface area (Å²) in [6.07, 6.45) is 4.77. The zero-order valence-electron chi connectivity index (χ0n) is 10.6. The van der Waals surface area contributed by atoms with Crippen LogP contribution in [0.5, 0.6) is 5.75 Å². The molecular formula is C14H19N3O. The van der Waals surface area contributed by atoms with E-state index in [1.165, 1.54) is 5.56 Å². The second kappa shape index (κ2) is 6.21. The smallest absolute Gasteiger partial charge is 0.115 e. The molecule has 1 unspecified atom stereocenters. The molecule has 0 radical (unpaired) electrons. The third-order valence-electron chi connectivity index (χ3n) is 2.99. The lowest BCUT2D eigenvalue weighted by Crippen LogP contribution is -2.25. The number of phenolic OH excluding ortho intramolecular Hbond substituents is 1. The molecule has 0 aliphatic rings. The molecule has 1 aromatic heterocycles. The molecule has 0 aliphatic heterocycles. The number of nitrogens with one attached hydrogen (secondary N) is 1. The Kier molecular flexibility index (Phi) is 4.36. The van der Waals surface area contributed by atoms with Gasteiger partial charge in [-0.2, -0.15) is 5.10 Å². The van der Waals surface area contributed by atoms with E-state index in [4.69, 9.17) is 0 Å². The molecule has 96 valence electrons. The Bertz CT molecular complexity index is 450. The van der Waals surface area contributed by atoms with Gasteiger partial charge in [-0.25, -0.2) is 0 Å². The van der Waals surface area contributed by atoms with Gasteiger partial charge in [0.05, 0.1) is 6.54 Å². The highest BCUT2D eigenvalue weighted by atomic mass is 16.3. The molecule has 0 saturated heterocycles. The number of hydrogen-bond donors (Lipinski definition) is 2. The van der Waals surface area contributed by atoms with Gasteiger partial charge in [0.1, 0.15) is 5.75 Å². The molecule has 4 heteroatoms. The van der Waals surface area contributed by atoms with Crippen molar-refractivity contribution in [1.82, 2.24) is 15.1 Å². The standard InChI is InChI=1S/C14H19N3O/c1-2-14(12-4-6-13(18)7-5-12)15-9-11-17-10-3-8-16-17/h3-8,10,14-15,18H,2,9,11H2,1H3. The fraction of sp³-hybridized carbons (Fsp3) is 0.357. The quantitative estimate of drug-likeness (QED) is 0.821. The maximum Gasteiger partial charge on any atom is 0.115 e. The summed E-state index contributed by atoms with van der Waals surface area (Å²) in [5.41, 5.74) is 1.20. The highest BCUT2D eigenvalue weighted by molar-refractivity contribution is 5.27. The molecule has 0 spiro atoms. The van der Waals surface area contributed by atoms with Gasteiger partial charge < -0.3 is 10.4 Å². The molecule has 2 aromatic rings.